The van der Waals surface area contributed by atoms with E-state index in [0.29, 0.717) is 4.90 Å². The van der Waals surface area contributed by atoms with Crippen LogP contribution in [0.25, 0.3) is 11.1 Å². The summed E-state index contributed by atoms with van der Waals surface area (Å²) in [6, 6.07) is 17.3. The first-order valence-electron chi connectivity index (χ1n) is 9.71. The SMILES string of the molecule is O=S(=O)(NC12CC3CC(CC(C3)C1)C2)c1ccc(-c2ccccc2)cc1. The van der Waals surface area contributed by atoms with Crippen molar-refractivity contribution in [3.8, 4) is 11.1 Å². The Hall–Kier alpha value is -1.65. The summed E-state index contributed by atoms with van der Waals surface area (Å²) >= 11 is 0. The number of rotatable bonds is 4. The molecule has 0 radical (unpaired) electrons. The maximum atomic E-state index is 13.1. The summed E-state index contributed by atoms with van der Waals surface area (Å²) in [7, 11) is -3.47. The average Bonchev–Trinajstić information content (AvgIpc) is 2.60. The Morgan fingerprint density at radius 3 is 1.77 bits per heavy atom. The lowest BCUT2D eigenvalue weighted by molar-refractivity contribution is -0.00810. The minimum absolute atomic E-state index is 0.189. The van der Waals surface area contributed by atoms with Crippen LogP contribution in [0.4, 0.5) is 0 Å². The fourth-order valence-electron chi connectivity index (χ4n) is 6.04. The summed E-state index contributed by atoms with van der Waals surface area (Å²) in [5, 5.41) is 0. The van der Waals surface area contributed by atoms with Crippen LogP contribution in [0, 0.1) is 17.8 Å². The zero-order chi connectivity index (χ0) is 17.8. The fourth-order valence-corrected chi connectivity index (χ4v) is 7.47. The summed E-state index contributed by atoms with van der Waals surface area (Å²) in [5.41, 5.74) is 1.95. The molecule has 4 aliphatic carbocycles. The van der Waals surface area contributed by atoms with Crippen LogP contribution in [-0.2, 0) is 10.0 Å². The highest BCUT2D eigenvalue weighted by atomic mass is 32.2. The van der Waals surface area contributed by atoms with E-state index in [4.69, 9.17) is 0 Å². The molecule has 0 heterocycles. The Balaban J connectivity index is 1.39. The predicted octanol–water partition coefficient (Wildman–Crippen LogP) is 4.60. The van der Waals surface area contributed by atoms with Crippen molar-refractivity contribution in [1.82, 2.24) is 4.72 Å². The summed E-state index contributed by atoms with van der Waals surface area (Å²) < 4.78 is 29.3. The summed E-state index contributed by atoms with van der Waals surface area (Å²) in [6.07, 6.45) is 7.02. The largest absolute Gasteiger partial charge is 0.241 e. The van der Waals surface area contributed by atoms with Crippen molar-refractivity contribution in [3.63, 3.8) is 0 Å². The second kappa shape index (κ2) is 5.93. The van der Waals surface area contributed by atoms with Gasteiger partial charge in [-0.15, -0.1) is 0 Å². The molecule has 26 heavy (non-hydrogen) atoms. The smallest absolute Gasteiger partial charge is 0.207 e. The average molecular weight is 368 g/mol. The number of nitrogens with one attached hydrogen (secondary N) is 1. The molecule has 0 amide bonds. The first-order chi connectivity index (χ1) is 12.5. The third-order valence-electron chi connectivity index (χ3n) is 6.66. The molecule has 1 N–H and O–H groups in total. The molecule has 4 bridgehead atoms. The summed E-state index contributed by atoms with van der Waals surface area (Å²) in [4.78, 5) is 0.382. The van der Waals surface area contributed by atoms with E-state index in [-0.39, 0.29) is 5.54 Å². The molecule has 0 aromatic heterocycles. The van der Waals surface area contributed by atoms with Crippen LogP contribution in [0.1, 0.15) is 38.5 Å². The van der Waals surface area contributed by atoms with Gasteiger partial charge in [0.05, 0.1) is 4.90 Å². The van der Waals surface area contributed by atoms with Gasteiger partial charge in [0.15, 0.2) is 0 Å². The van der Waals surface area contributed by atoms with Crippen molar-refractivity contribution < 1.29 is 8.42 Å². The van der Waals surface area contributed by atoms with E-state index < -0.39 is 10.0 Å². The highest BCUT2D eigenvalue weighted by Crippen LogP contribution is 2.55. The number of sulfonamides is 1. The van der Waals surface area contributed by atoms with Crippen molar-refractivity contribution in [2.24, 2.45) is 17.8 Å². The van der Waals surface area contributed by atoms with Crippen LogP contribution in [0.3, 0.4) is 0 Å². The van der Waals surface area contributed by atoms with E-state index in [9.17, 15) is 8.42 Å². The zero-order valence-electron chi connectivity index (χ0n) is 14.9. The quantitative estimate of drug-likeness (QED) is 0.858. The minimum atomic E-state index is -3.47. The van der Waals surface area contributed by atoms with Crippen molar-refractivity contribution in [3.05, 3.63) is 54.6 Å². The number of benzene rings is 2. The molecule has 0 unspecified atom stereocenters. The fraction of sp³-hybridized carbons (Fsp3) is 0.455. The van der Waals surface area contributed by atoms with Gasteiger partial charge in [0.25, 0.3) is 0 Å². The molecule has 0 aliphatic heterocycles. The molecular formula is C22H25NO2S. The minimum Gasteiger partial charge on any atom is -0.207 e. The van der Waals surface area contributed by atoms with Crippen LogP contribution < -0.4 is 4.72 Å². The van der Waals surface area contributed by atoms with E-state index in [0.717, 1.165) is 48.1 Å². The molecule has 6 rings (SSSR count). The highest BCUT2D eigenvalue weighted by Gasteiger charge is 2.52. The van der Waals surface area contributed by atoms with Gasteiger partial charge in [-0.3, -0.25) is 0 Å². The van der Waals surface area contributed by atoms with Crippen LogP contribution >= 0.6 is 0 Å². The van der Waals surface area contributed by atoms with Crippen molar-refractivity contribution in [2.75, 3.05) is 0 Å². The molecule has 3 nitrogen and oxygen atoms in total. The number of hydrogen-bond donors (Lipinski definition) is 1. The Bertz CT molecular complexity index is 868. The van der Waals surface area contributed by atoms with Gasteiger partial charge in [0.2, 0.25) is 10.0 Å². The molecule has 4 saturated carbocycles. The van der Waals surface area contributed by atoms with Gasteiger partial charge in [-0.2, -0.15) is 0 Å². The lowest BCUT2D eigenvalue weighted by atomic mass is 9.53. The van der Waals surface area contributed by atoms with Gasteiger partial charge in [-0.25, -0.2) is 13.1 Å². The lowest BCUT2D eigenvalue weighted by Gasteiger charge is -2.56. The van der Waals surface area contributed by atoms with E-state index >= 15 is 0 Å². The molecule has 0 saturated heterocycles. The van der Waals surface area contributed by atoms with E-state index in [1.54, 1.807) is 12.1 Å². The maximum absolute atomic E-state index is 13.1. The van der Waals surface area contributed by atoms with Crippen LogP contribution in [0.5, 0.6) is 0 Å². The number of hydrogen-bond acceptors (Lipinski definition) is 2. The second-order valence-corrected chi connectivity index (χ2v) is 10.4. The van der Waals surface area contributed by atoms with Gasteiger partial charge in [0.1, 0.15) is 0 Å². The molecule has 2 aromatic rings. The molecule has 4 fully saturated rings. The molecular weight excluding hydrogens is 342 g/mol. The third kappa shape index (κ3) is 2.89. The van der Waals surface area contributed by atoms with Crippen LogP contribution in [-0.4, -0.2) is 14.0 Å². The maximum Gasteiger partial charge on any atom is 0.241 e. The standard InChI is InChI=1S/C22H25NO2S/c24-26(25,21-8-6-20(7-9-21)19-4-2-1-3-5-19)23-22-13-16-10-17(14-22)12-18(11-16)15-22/h1-9,16-18,23H,10-15H2. The van der Waals surface area contributed by atoms with E-state index in [1.807, 2.05) is 42.5 Å². The van der Waals surface area contributed by atoms with Gasteiger partial charge < -0.3 is 0 Å². The van der Waals surface area contributed by atoms with Crippen molar-refractivity contribution in [1.29, 1.82) is 0 Å². The zero-order valence-corrected chi connectivity index (χ0v) is 15.7. The summed E-state index contributed by atoms with van der Waals surface area (Å²) in [6.45, 7) is 0. The first kappa shape index (κ1) is 16.5. The Morgan fingerprint density at radius 1 is 0.731 bits per heavy atom. The lowest BCUT2D eigenvalue weighted by Crippen LogP contribution is -2.59. The highest BCUT2D eigenvalue weighted by molar-refractivity contribution is 7.89. The van der Waals surface area contributed by atoms with Crippen molar-refractivity contribution in [2.45, 2.75) is 49.0 Å². The molecule has 136 valence electrons. The first-order valence-corrected chi connectivity index (χ1v) is 11.2. The van der Waals surface area contributed by atoms with Gasteiger partial charge >= 0.3 is 0 Å². The Kier molecular flexibility index (Phi) is 3.77. The summed E-state index contributed by atoms with van der Waals surface area (Å²) in [5.74, 6) is 2.18. The monoisotopic (exact) mass is 367 g/mol. The molecule has 4 aliphatic rings. The van der Waals surface area contributed by atoms with Crippen LogP contribution in [0.2, 0.25) is 0 Å². The normalized spacial score (nSPS) is 32.7. The van der Waals surface area contributed by atoms with E-state index in [1.165, 1.54) is 19.3 Å². The third-order valence-corrected chi connectivity index (χ3v) is 8.26. The molecule has 4 heteroatoms. The predicted molar refractivity (Wildman–Crippen MR) is 103 cm³/mol. The molecule has 2 aromatic carbocycles. The van der Waals surface area contributed by atoms with E-state index in [2.05, 4.69) is 4.72 Å². The molecule has 0 spiro atoms. The topological polar surface area (TPSA) is 46.2 Å². The van der Waals surface area contributed by atoms with Crippen LogP contribution in [0.15, 0.2) is 59.5 Å². The second-order valence-electron chi connectivity index (χ2n) is 8.69. The van der Waals surface area contributed by atoms with Gasteiger partial charge in [-0.1, -0.05) is 42.5 Å². The Morgan fingerprint density at radius 2 is 1.23 bits per heavy atom. The molecule has 0 atom stereocenters. The van der Waals surface area contributed by atoms with Crippen molar-refractivity contribution >= 4 is 10.0 Å². The van der Waals surface area contributed by atoms with Gasteiger partial charge in [0, 0.05) is 5.54 Å². The van der Waals surface area contributed by atoms with Gasteiger partial charge in [-0.05, 0) is 79.5 Å². The Labute approximate surface area is 155 Å².